The first kappa shape index (κ1) is 20.3. The van der Waals surface area contributed by atoms with Crippen LogP contribution in [0.2, 0.25) is 0 Å². The molecule has 0 saturated carbocycles. The number of hydrogen-bond donors (Lipinski definition) is 1. The van der Waals surface area contributed by atoms with Crippen LogP contribution in [0.15, 0.2) is 21.1 Å². The number of nitro benzene ring substituents is 1. The lowest BCUT2D eigenvalue weighted by Gasteiger charge is -2.20. The Bertz CT molecular complexity index is 601. The number of nitro groups is 1. The zero-order chi connectivity index (χ0) is 17.6. The summed E-state index contributed by atoms with van der Waals surface area (Å²) in [6, 6.07) is 2.68. The number of thiocarbonyl (C=S) groups is 1. The highest BCUT2D eigenvalue weighted by atomic mass is 79.9. The van der Waals surface area contributed by atoms with Crippen LogP contribution >= 0.6 is 55.8 Å². The highest BCUT2D eigenvalue weighted by Crippen LogP contribution is 2.35. The van der Waals surface area contributed by atoms with Crippen LogP contribution in [0.4, 0.5) is 11.4 Å². The SMILES string of the molecule is CCN(CC)C(=S)SCC(=O)Nc1c(Br)cc([N+](=O)[O-])cc1Br. The Balaban J connectivity index is 2.71. The zero-order valence-electron chi connectivity index (χ0n) is 12.5. The molecule has 1 rings (SSSR count). The van der Waals surface area contributed by atoms with Gasteiger partial charge in [0, 0.05) is 34.2 Å². The van der Waals surface area contributed by atoms with E-state index >= 15 is 0 Å². The molecule has 0 atom stereocenters. The number of amides is 1. The summed E-state index contributed by atoms with van der Waals surface area (Å²) in [5.41, 5.74) is 0.383. The van der Waals surface area contributed by atoms with Gasteiger partial charge in [-0.2, -0.15) is 0 Å². The van der Waals surface area contributed by atoms with E-state index in [0.717, 1.165) is 13.1 Å². The summed E-state index contributed by atoms with van der Waals surface area (Å²) in [4.78, 5) is 24.3. The molecule has 1 amide bonds. The summed E-state index contributed by atoms with van der Waals surface area (Å²) in [7, 11) is 0. The van der Waals surface area contributed by atoms with Crippen LogP contribution in [0, 0.1) is 10.1 Å². The van der Waals surface area contributed by atoms with Crippen molar-refractivity contribution in [2.24, 2.45) is 0 Å². The van der Waals surface area contributed by atoms with Crippen LogP contribution in [0.25, 0.3) is 0 Å². The first-order valence-electron chi connectivity index (χ1n) is 6.65. The van der Waals surface area contributed by atoms with E-state index in [-0.39, 0.29) is 17.3 Å². The van der Waals surface area contributed by atoms with Crippen molar-refractivity contribution in [3.8, 4) is 0 Å². The lowest BCUT2D eigenvalue weighted by molar-refractivity contribution is -0.385. The smallest absolute Gasteiger partial charge is 0.271 e. The van der Waals surface area contributed by atoms with Gasteiger partial charge < -0.3 is 10.2 Å². The van der Waals surface area contributed by atoms with Gasteiger partial charge in [-0.3, -0.25) is 14.9 Å². The van der Waals surface area contributed by atoms with Crippen molar-refractivity contribution in [2.75, 3.05) is 24.2 Å². The van der Waals surface area contributed by atoms with Gasteiger partial charge in [0.15, 0.2) is 0 Å². The van der Waals surface area contributed by atoms with Gasteiger partial charge in [-0.05, 0) is 45.7 Å². The highest BCUT2D eigenvalue weighted by molar-refractivity contribution is 9.11. The van der Waals surface area contributed by atoms with E-state index in [2.05, 4.69) is 37.2 Å². The highest BCUT2D eigenvalue weighted by Gasteiger charge is 2.16. The van der Waals surface area contributed by atoms with Crippen LogP contribution < -0.4 is 5.32 Å². The summed E-state index contributed by atoms with van der Waals surface area (Å²) in [6.07, 6.45) is 0. The summed E-state index contributed by atoms with van der Waals surface area (Å²) in [5.74, 6) is -0.0645. The van der Waals surface area contributed by atoms with Gasteiger partial charge in [0.05, 0.1) is 16.4 Å². The number of carbonyl (C=O) groups is 1. The molecule has 0 saturated heterocycles. The number of nitrogens with one attached hydrogen (secondary N) is 1. The van der Waals surface area contributed by atoms with Crippen molar-refractivity contribution in [1.82, 2.24) is 4.90 Å². The molecular formula is C13H15Br2N3O3S2. The molecule has 0 aromatic heterocycles. The number of thioether (sulfide) groups is 1. The Morgan fingerprint density at radius 1 is 1.35 bits per heavy atom. The molecule has 0 heterocycles. The number of hydrogen-bond acceptors (Lipinski definition) is 5. The standard InChI is InChI=1S/C13H15Br2N3O3S2/c1-3-17(4-2)13(22)23-7-11(19)16-12-9(14)5-8(18(20)21)6-10(12)15/h5-6H,3-4,7H2,1-2H3,(H,16,19). The minimum absolute atomic E-state index is 0.0705. The fourth-order valence-electron chi connectivity index (χ4n) is 1.66. The zero-order valence-corrected chi connectivity index (χ0v) is 17.3. The summed E-state index contributed by atoms with van der Waals surface area (Å²) in [6.45, 7) is 5.59. The molecule has 0 spiro atoms. The Morgan fingerprint density at radius 3 is 2.30 bits per heavy atom. The van der Waals surface area contributed by atoms with E-state index in [9.17, 15) is 14.9 Å². The van der Waals surface area contributed by atoms with E-state index in [0.29, 0.717) is 19.0 Å². The number of benzene rings is 1. The number of carbonyl (C=O) groups excluding carboxylic acids is 1. The van der Waals surface area contributed by atoms with Crippen molar-refractivity contribution in [3.05, 3.63) is 31.2 Å². The molecule has 0 aliphatic rings. The van der Waals surface area contributed by atoms with Gasteiger partial charge in [-0.25, -0.2) is 0 Å². The van der Waals surface area contributed by atoms with E-state index in [1.165, 1.54) is 23.9 Å². The minimum Gasteiger partial charge on any atom is -0.358 e. The second-order valence-electron chi connectivity index (χ2n) is 4.32. The van der Waals surface area contributed by atoms with Crippen LogP contribution in [-0.2, 0) is 4.79 Å². The monoisotopic (exact) mass is 483 g/mol. The van der Waals surface area contributed by atoms with E-state index in [1.54, 1.807) is 0 Å². The lowest BCUT2D eigenvalue weighted by Crippen LogP contribution is -2.28. The Hall–Kier alpha value is -0.710. The largest absolute Gasteiger partial charge is 0.358 e. The summed E-state index contributed by atoms with van der Waals surface area (Å²) >= 11 is 13.0. The van der Waals surface area contributed by atoms with E-state index < -0.39 is 4.92 Å². The van der Waals surface area contributed by atoms with Crippen molar-refractivity contribution >= 4 is 77.4 Å². The van der Waals surface area contributed by atoms with Crippen LogP contribution in [0.1, 0.15) is 13.8 Å². The predicted molar refractivity (Wildman–Crippen MR) is 105 cm³/mol. The minimum atomic E-state index is -0.501. The molecule has 0 bridgehead atoms. The fraction of sp³-hybridized carbons (Fsp3) is 0.385. The molecule has 0 radical (unpaired) electrons. The van der Waals surface area contributed by atoms with E-state index in [4.69, 9.17) is 12.2 Å². The molecule has 0 fully saturated rings. The first-order valence-corrected chi connectivity index (χ1v) is 9.63. The van der Waals surface area contributed by atoms with Gasteiger partial charge >= 0.3 is 0 Å². The van der Waals surface area contributed by atoms with Gasteiger partial charge in [0.25, 0.3) is 5.69 Å². The van der Waals surface area contributed by atoms with Crippen molar-refractivity contribution in [3.63, 3.8) is 0 Å². The van der Waals surface area contributed by atoms with Crippen molar-refractivity contribution in [2.45, 2.75) is 13.8 Å². The molecule has 1 N–H and O–H groups in total. The third-order valence-corrected chi connectivity index (χ3v) is 5.62. The normalized spacial score (nSPS) is 10.3. The summed E-state index contributed by atoms with van der Waals surface area (Å²) < 4.78 is 1.54. The maximum absolute atomic E-state index is 12.1. The number of halogens is 2. The molecule has 6 nitrogen and oxygen atoms in total. The van der Waals surface area contributed by atoms with Crippen LogP contribution in [0.5, 0.6) is 0 Å². The van der Waals surface area contributed by atoms with Gasteiger partial charge in [0.1, 0.15) is 4.32 Å². The quantitative estimate of drug-likeness (QED) is 0.366. The number of anilines is 1. The predicted octanol–water partition coefficient (Wildman–Crippen LogP) is 4.42. The average molecular weight is 485 g/mol. The first-order chi connectivity index (χ1) is 10.8. The number of non-ortho nitro benzene ring substituents is 1. The third-order valence-electron chi connectivity index (χ3n) is 2.85. The fourth-order valence-corrected chi connectivity index (χ4v) is 4.22. The Kier molecular flexibility index (Phi) is 8.45. The maximum atomic E-state index is 12.1. The molecule has 126 valence electrons. The average Bonchev–Trinajstić information content (AvgIpc) is 2.49. The maximum Gasteiger partial charge on any atom is 0.271 e. The molecule has 10 heteroatoms. The topological polar surface area (TPSA) is 75.5 Å². The Labute approximate surface area is 160 Å². The molecule has 1 aromatic carbocycles. The van der Waals surface area contributed by atoms with Crippen LogP contribution in [-0.4, -0.2) is 38.9 Å². The molecular weight excluding hydrogens is 470 g/mol. The van der Waals surface area contributed by atoms with Gasteiger partial charge in [-0.15, -0.1) is 0 Å². The number of rotatable bonds is 6. The van der Waals surface area contributed by atoms with Gasteiger partial charge in [-0.1, -0.05) is 24.0 Å². The second-order valence-corrected chi connectivity index (χ2v) is 7.63. The molecule has 1 aromatic rings. The van der Waals surface area contributed by atoms with Crippen molar-refractivity contribution in [1.29, 1.82) is 0 Å². The Morgan fingerprint density at radius 2 is 1.87 bits per heavy atom. The molecule has 0 aliphatic heterocycles. The molecule has 0 unspecified atom stereocenters. The lowest BCUT2D eigenvalue weighted by atomic mass is 10.3. The molecule has 23 heavy (non-hydrogen) atoms. The number of nitrogens with zero attached hydrogens (tertiary/aromatic N) is 2. The van der Waals surface area contributed by atoms with E-state index in [1.807, 2.05) is 18.7 Å². The second kappa shape index (κ2) is 9.55. The summed E-state index contributed by atoms with van der Waals surface area (Å²) in [5, 5.41) is 13.5. The molecule has 0 aliphatic carbocycles. The van der Waals surface area contributed by atoms with Crippen LogP contribution in [0.3, 0.4) is 0 Å². The third kappa shape index (κ3) is 6.02. The van der Waals surface area contributed by atoms with Gasteiger partial charge in [0.2, 0.25) is 5.91 Å². The van der Waals surface area contributed by atoms with Crippen molar-refractivity contribution < 1.29 is 9.72 Å².